The molecule has 0 aliphatic carbocycles. The smallest absolute Gasteiger partial charge is 0.432 e. The van der Waals surface area contributed by atoms with Crippen molar-refractivity contribution in [3.05, 3.63) is 54.2 Å². The minimum absolute atomic E-state index is 0.0286. The Hall–Kier alpha value is -3.75. The molecule has 9 heteroatoms. The summed E-state index contributed by atoms with van der Waals surface area (Å²) in [6, 6.07) is 12.3. The van der Waals surface area contributed by atoms with Gasteiger partial charge in [-0.1, -0.05) is 0 Å². The first-order valence-corrected chi connectivity index (χ1v) is 8.49. The number of furan rings is 1. The SMILES string of the molecule is CC(=O)Nc1ccc(-c2cc3c(O)c(-c4cc(C(F)(F)F)[nH]n4)ccc3o2)cc1. The van der Waals surface area contributed by atoms with Crippen LogP contribution in [0.3, 0.4) is 0 Å². The molecule has 0 saturated carbocycles. The summed E-state index contributed by atoms with van der Waals surface area (Å²) < 4.78 is 44.1. The Kier molecular flexibility index (Phi) is 4.30. The van der Waals surface area contributed by atoms with Crippen molar-refractivity contribution in [1.29, 1.82) is 0 Å². The van der Waals surface area contributed by atoms with Crippen LogP contribution in [0, 0.1) is 0 Å². The summed E-state index contributed by atoms with van der Waals surface area (Å²) in [5, 5.41) is 19.2. The number of amides is 1. The second-order valence-corrected chi connectivity index (χ2v) is 6.41. The number of benzene rings is 2. The molecule has 0 fully saturated rings. The van der Waals surface area contributed by atoms with Gasteiger partial charge in [0, 0.05) is 23.7 Å². The highest BCUT2D eigenvalue weighted by molar-refractivity contribution is 5.94. The van der Waals surface area contributed by atoms with E-state index >= 15 is 0 Å². The average molecular weight is 401 g/mol. The molecule has 0 aliphatic rings. The van der Waals surface area contributed by atoms with Crippen LogP contribution < -0.4 is 5.32 Å². The van der Waals surface area contributed by atoms with Crippen molar-refractivity contribution >= 4 is 22.6 Å². The molecule has 0 bridgehead atoms. The number of carbonyl (C=O) groups excluding carboxylic acids is 1. The zero-order chi connectivity index (χ0) is 20.8. The van der Waals surface area contributed by atoms with Crippen LogP contribution in [0.4, 0.5) is 18.9 Å². The Morgan fingerprint density at radius 2 is 1.86 bits per heavy atom. The van der Waals surface area contributed by atoms with E-state index in [1.54, 1.807) is 36.4 Å². The fourth-order valence-electron chi connectivity index (χ4n) is 2.97. The number of nitrogens with one attached hydrogen (secondary N) is 2. The molecule has 0 saturated heterocycles. The number of phenols is 1. The third kappa shape index (κ3) is 3.54. The maximum absolute atomic E-state index is 12.8. The maximum atomic E-state index is 12.8. The fourth-order valence-corrected chi connectivity index (χ4v) is 2.97. The number of aromatic amines is 1. The Morgan fingerprint density at radius 3 is 2.48 bits per heavy atom. The van der Waals surface area contributed by atoms with Crippen molar-refractivity contribution < 1.29 is 27.5 Å². The lowest BCUT2D eigenvalue weighted by molar-refractivity contribution is -0.141. The lowest BCUT2D eigenvalue weighted by atomic mass is 10.1. The molecule has 6 nitrogen and oxygen atoms in total. The quantitative estimate of drug-likeness (QED) is 0.442. The van der Waals surface area contributed by atoms with Crippen LogP contribution in [-0.4, -0.2) is 21.2 Å². The van der Waals surface area contributed by atoms with Gasteiger partial charge in [-0.05, 0) is 48.5 Å². The molecule has 3 N–H and O–H groups in total. The number of H-pyrrole nitrogens is 1. The highest BCUT2D eigenvalue weighted by Gasteiger charge is 2.33. The van der Waals surface area contributed by atoms with E-state index in [2.05, 4.69) is 10.4 Å². The lowest BCUT2D eigenvalue weighted by Gasteiger charge is -2.02. The van der Waals surface area contributed by atoms with E-state index in [4.69, 9.17) is 4.42 Å². The van der Waals surface area contributed by atoms with Gasteiger partial charge in [0.15, 0.2) is 0 Å². The highest BCUT2D eigenvalue weighted by atomic mass is 19.4. The van der Waals surface area contributed by atoms with E-state index in [0.29, 0.717) is 28.0 Å². The molecule has 29 heavy (non-hydrogen) atoms. The predicted molar refractivity (Wildman–Crippen MR) is 100 cm³/mol. The molecular weight excluding hydrogens is 387 g/mol. The summed E-state index contributed by atoms with van der Waals surface area (Å²) in [4.78, 5) is 11.1. The van der Waals surface area contributed by atoms with Crippen molar-refractivity contribution in [2.24, 2.45) is 0 Å². The van der Waals surface area contributed by atoms with Crippen LogP contribution in [0.5, 0.6) is 5.75 Å². The van der Waals surface area contributed by atoms with Crippen LogP contribution in [0.25, 0.3) is 33.6 Å². The zero-order valence-electron chi connectivity index (χ0n) is 15.0. The van der Waals surface area contributed by atoms with Gasteiger partial charge < -0.3 is 14.8 Å². The topological polar surface area (TPSA) is 91.2 Å². The number of rotatable bonds is 3. The van der Waals surface area contributed by atoms with Gasteiger partial charge in [0.25, 0.3) is 0 Å². The second-order valence-electron chi connectivity index (χ2n) is 6.41. The number of aromatic nitrogens is 2. The van der Waals surface area contributed by atoms with Crippen LogP contribution in [0.2, 0.25) is 0 Å². The van der Waals surface area contributed by atoms with E-state index in [9.17, 15) is 23.1 Å². The maximum Gasteiger partial charge on any atom is 0.432 e. The van der Waals surface area contributed by atoms with Gasteiger partial charge >= 0.3 is 6.18 Å². The minimum Gasteiger partial charge on any atom is -0.506 e. The van der Waals surface area contributed by atoms with Gasteiger partial charge in [-0.3, -0.25) is 9.89 Å². The summed E-state index contributed by atoms with van der Waals surface area (Å²) in [6.07, 6.45) is -4.56. The zero-order valence-corrected chi connectivity index (χ0v) is 15.0. The van der Waals surface area contributed by atoms with Gasteiger partial charge in [-0.2, -0.15) is 18.3 Å². The summed E-state index contributed by atoms with van der Waals surface area (Å²) in [5.74, 6) is 0.0402. The number of alkyl halides is 3. The van der Waals surface area contributed by atoms with E-state index in [1.807, 2.05) is 5.10 Å². The Morgan fingerprint density at radius 1 is 1.14 bits per heavy atom. The number of phenolic OH excluding ortho intramolecular Hbond substituents is 1. The van der Waals surface area contributed by atoms with Crippen molar-refractivity contribution in [2.75, 3.05) is 5.32 Å². The summed E-state index contributed by atoms with van der Waals surface area (Å²) in [6.45, 7) is 1.41. The van der Waals surface area contributed by atoms with Crippen LogP contribution >= 0.6 is 0 Å². The molecule has 2 aromatic heterocycles. The lowest BCUT2D eigenvalue weighted by Crippen LogP contribution is -2.05. The Balaban J connectivity index is 1.71. The van der Waals surface area contributed by atoms with E-state index in [1.165, 1.54) is 13.0 Å². The largest absolute Gasteiger partial charge is 0.506 e. The third-order valence-electron chi connectivity index (χ3n) is 4.32. The van der Waals surface area contributed by atoms with E-state index < -0.39 is 11.9 Å². The van der Waals surface area contributed by atoms with E-state index in [0.717, 1.165) is 6.07 Å². The Labute approximate surface area is 162 Å². The molecule has 1 amide bonds. The summed E-state index contributed by atoms with van der Waals surface area (Å²) in [5.41, 5.74) is 0.825. The number of carbonyl (C=O) groups is 1. The first kappa shape index (κ1) is 18.6. The van der Waals surface area contributed by atoms with Gasteiger partial charge in [0.05, 0.1) is 11.1 Å². The van der Waals surface area contributed by atoms with E-state index in [-0.39, 0.29) is 22.9 Å². The highest BCUT2D eigenvalue weighted by Crippen LogP contribution is 2.40. The second kappa shape index (κ2) is 6.69. The van der Waals surface area contributed by atoms with Gasteiger partial charge in [-0.25, -0.2) is 0 Å². The molecule has 2 heterocycles. The molecule has 0 atom stereocenters. The van der Waals surface area contributed by atoms with Gasteiger partial charge in [-0.15, -0.1) is 0 Å². The fraction of sp³-hybridized carbons (Fsp3) is 0.100. The average Bonchev–Trinajstić information content (AvgIpc) is 3.29. The van der Waals surface area contributed by atoms with Crippen molar-refractivity contribution in [3.8, 4) is 28.3 Å². The molecular formula is C20H14F3N3O3. The first-order valence-electron chi connectivity index (χ1n) is 8.49. The van der Waals surface area contributed by atoms with Crippen LogP contribution in [0.1, 0.15) is 12.6 Å². The number of hydrogen-bond acceptors (Lipinski definition) is 4. The molecule has 0 unspecified atom stereocenters. The van der Waals surface area contributed by atoms with Crippen LogP contribution in [-0.2, 0) is 11.0 Å². The first-order chi connectivity index (χ1) is 13.7. The number of aromatic hydroxyl groups is 1. The number of hydrogen-bond donors (Lipinski definition) is 3. The van der Waals surface area contributed by atoms with Gasteiger partial charge in [0.2, 0.25) is 5.91 Å². The normalized spacial score (nSPS) is 11.7. The number of halogens is 3. The molecule has 4 aromatic rings. The molecule has 148 valence electrons. The minimum atomic E-state index is -4.56. The number of nitrogens with zero attached hydrogens (tertiary/aromatic N) is 1. The third-order valence-corrected chi connectivity index (χ3v) is 4.32. The van der Waals surface area contributed by atoms with Crippen molar-refractivity contribution in [2.45, 2.75) is 13.1 Å². The summed E-state index contributed by atoms with van der Waals surface area (Å²) >= 11 is 0. The standard InChI is InChI=1S/C20H14F3N3O3/c1-10(27)24-12-4-2-11(3-5-12)17-8-14-16(29-17)7-6-13(19(14)28)15-9-18(26-25-15)20(21,22)23/h2-9,28H,1H3,(H,24,27)(H,25,26). The predicted octanol–water partition coefficient (Wildman–Crippen LogP) is 5.17. The van der Waals surface area contributed by atoms with Gasteiger partial charge in [0.1, 0.15) is 22.8 Å². The molecule has 4 rings (SSSR count). The number of fused-ring (bicyclic) bond motifs is 1. The monoisotopic (exact) mass is 401 g/mol. The molecule has 2 aromatic carbocycles. The Bertz CT molecular complexity index is 1210. The number of anilines is 1. The molecule has 0 aliphatic heterocycles. The van der Waals surface area contributed by atoms with Crippen molar-refractivity contribution in [1.82, 2.24) is 10.2 Å². The molecule has 0 spiro atoms. The van der Waals surface area contributed by atoms with Crippen LogP contribution in [0.15, 0.2) is 52.9 Å². The molecule has 0 radical (unpaired) electrons. The summed E-state index contributed by atoms with van der Waals surface area (Å²) in [7, 11) is 0. The van der Waals surface area contributed by atoms with Crippen molar-refractivity contribution in [3.63, 3.8) is 0 Å².